The van der Waals surface area contributed by atoms with Gasteiger partial charge in [-0.15, -0.1) is 12.4 Å². The summed E-state index contributed by atoms with van der Waals surface area (Å²) >= 11 is 0. The molecule has 1 rings (SSSR count). The van der Waals surface area contributed by atoms with Gasteiger partial charge in [-0.25, -0.2) is 0 Å². The number of rotatable bonds is 5. The lowest BCUT2D eigenvalue weighted by atomic mass is 9.87. The van der Waals surface area contributed by atoms with E-state index in [1.54, 1.807) is 12.1 Å². The third-order valence-electron chi connectivity index (χ3n) is 2.63. The molecule has 0 amide bonds. The maximum atomic E-state index is 11.0. The van der Waals surface area contributed by atoms with E-state index in [0.29, 0.717) is 25.3 Å². The Labute approximate surface area is 119 Å². The van der Waals surface area contributed by atoms with E-state index in [2.05, 4.69) is 0 Å². The van der Waals surface area contributed by atoms with Gasteiger partial charge in [0, 0.05) is 6.07 Å². The van der Waals surface area contributed by atoms with Gasteiger partial charge in [-0.2, -0.15) is 0 Å². The summed E-state index contributed by atoms with van der Waals surface area (Å²) in [5.74, 6) is 0.307. The fourth-order valence-electron chi connectivity index (χ4n) is 1.51. The second-order valence-corrected chi connectivity index (χ2v) is 5.18. The molecule has 0 aliphatic carbocycles. The van der Waals surface area contributed by atoms with Crippen molar-refractivity contribution in [2.75, 3.05) is 13.2 Å². The van der Waals surface area contributed by atoms with Crippen molar-refractivity contribution < 1.29 is 9.66 Å². The number of nitrogens with two attached hydrogens (primary N) is 1. The van der Waals surface area contributed by atoms with Crippen LogP contribution >= 0.6 is 12.4 Å². The summed E-state index contributed by atoms with van der Waals surface area (Å²) in [5, 5.41) is 11.0. The molecule has 108 valence electrons. The van der Waals surface area contributed by atoms with Gasteiger partial charge in [0.05, 0.1) is 11.5 Å². The van der Waals surface area contributed by atoms with Gasteiger partial charge in [0.2, 0.25) is 0 Å². The lowest BCUT2D eigenvalue weighted by Gasteiger charge is -2.19. The lowest BCUT2D eigenvalue weighted by Crippen LogP contribution is -2.12. The zero-order chi connectivity index (χ0) is 13.8. The fraction of sp³-hybridized carbons (Fsp3) is 0.538. The van der Waals surface area contributed by atoms with Gasteiger partial charge in [-0.05, 0) is 30.0 Å². The minimum atomic E-state index is -0.410. The van der Waals surface area contributed by atoms with Gasteiger partial charge in [0.1, 0.15) is 0 Å². The van der Waals surface area contributed by atoms with Crippen molar-refractivity contribution >= 4 is 18.1 Å². The van der Waals surface area contributed by atoms with Crippen molar-refractivity contribution in [1.29, 1.82) is 0 Å². The Kier molecular flexibility index (Phi) is 6.79. The molecule has 19 heavy (non-hydrogen) atoms. The smallest absolute Gasteiger partial charge is 0.311 e. The molecule has 5 nitrogen and oxygen atoms in total. The largest absolute Gasteiger partial charge is 0.487 e. The Balaban J connectivity index is 0.00000324. The Morgan fingerprint density at radius 1 is 1.37 bits per heavy atom. The van der Waals surface area contributed by atoms with Gasteiger partial charge in [-0.3, -0.25) is 10.1 Å². The molecule has 1 aromatic carbocycles. The van der Waals surface area contributed by atoms with Gasteiger partial charge in [-0.1, -0.05) is 26.8 Å². The number of halogens is 1. The van der Waals surface area contributed by atoms with E-state index in [9.17, 15) is 10.1 Å². The summed E-state index contributed by atoms with van der Waals surface area (Å²) in [6.07, 6.45) is 0.679. The van der Waals surface area contributed by atoms with E-state index in [-0.39, 0.29) is 23.5 Å². The van der Waals surface area contributed by atoms with Crippen LogP contribution in [0.4, 0.5) is 5.69 Å². The number of nitro groups is 1. The van der Waals surface area contributed by atoms with Crippen LogP contribution in [0, 0.1) is 10.1 Å². The summed E-state index contributed by atoms with van der Waals surface area (Å²) in [7, 11) is 0. The quantitative estimate of drug-likeness (QED) is 0.513. The van der Waals surface area contributed by atoms with Crippen LogP contribution in [0.3, 0.4) is 0 Å². The molecule has 2 N–H and O–H groups in total. The maximum absolute atomic E-state index is 11.0. The Bertz CT molecular complexity index is 430. The van der Waals surface area contributed by atoms with Gasteiger partial charge < -0.3 is 10.5 Å². The highest BCUT2D eigenvalue weighted by atomic mass is 35.5. The number of hydrogen-bond acceptors (Lipinski definition) is 4. The van der Waals surface area contributed by atoms with Crippen molar-refractivity contribution in [3.63, 3.8) is 0 Å². The molecule has 6 heteroatoms. The molecule has 0 unspecified atom stereocenters. The van der Waals surface area contributed by atoms with E-state index in [4.69, 9.17) is 10.5 Å². The third kappa shape index (κ3) is 5.04. The fourth-order valence-corrected chi connectivity index (χ4v) is 1.51. The highest BCUT2D eigenvalue weighted by molar-refractivity contribution is 5.85. The van der Waals surface area contributed by atoms with Crippen LogP contribution in [0.5, 0.6) is 5.75 Å². The van der Waals surface area contributed by atoms with Crippen LogP contribution < -0.4 is 10.5 Å². The summed E-state index contributed by atoms with van der Waals surface area (Å²) in [4.78, 5) is 10.6. The second kappa shape index (κ2) is 7.31. The average molecular weight is 289 g/mol. The van der Waals surface area contributed by atoms with Crippen LogP contribution in [0.25, 0.3) is 0 Å². The molecular formula is C13H21ClN2O3. The Hall–Kier alpha value is -1.33. The monoisotopic (exact) mass is 288 g/mol. The second-order valence-electron chi connectivity index (χ2n) is 5.18. The maximum Gasteiger partial charge on any atom is 0.311 e. The van der Waals surface area contributed by atoms with Crippen molar-refractivity contribution in [2.45, 2.75) is 32.6 Å². The molecule has 0 saturated carbocycles. The third-order valence-corrected chi connectivity index (χ3v) is 2.63. The molecule has 0 spiro atoms. The first-order chi connectivity index (χ1) is 8.36. The zero-order valence-corrected chi connectivity index (χ0v) is 12.3. The first kappa shape index (κ1) is 17.7. The van der Waals surface area contributed by atoms with Crippen molar-refractivity contribution in [3.8, 4) is 5.75 Å². The first-order valence-corrected chi connectivity index (χ1v) is 5.98. The van der Waals surface area contributed by atoms with Crippen molar-refractivity contribution in [1.82, 2.24) is 0 Å². The van der Waals surface area contributed by atoms with E-state index in [1.807, 2.05) is 26.8 Å². The molecule has 0 atom stereocenters. The van der Waals surface area contributed by atoms with E-state index < -0.39 is 4.92 Å². The topological polar surface area (TPSA) is 78.4 Å². The summed E-state index contributed by atoms with van der Waals surface area (Å²) in [6, 6.07) is 5.11. The summed E-state index contributed by atoms with van der Waals surface area (Å²) in [5.41, 5.74) is 6.16. The number of benzene rings is 1. The first-order valence-electron chi connectivity index (χ1n) is 5.98. The van der Waals surface area contributed by atoms with Crippen LogP contribution in [0.1, 0.15) is 32.8 Å². The highest BCUT2D eigenvalue weighted by Gasteiger charge is 2.21. The van der Waals surface area contributed by atoms with Gasteiger partial charge >= 0.3 is 5.69 Å². The number of ether oxygens (including phenoxy) is 1. The number of hydrogen-bond donors (Lipinski definition) is 1. The van der Waals surface area contributed by atoms with Crippen LogP contribution in [-0.4, -0.2) is 18.1 Å². The van der Waals surface area contributed by atoms with Gasteiger partial charge in [0.25, 0.3) is 0 Å². The lowest BCUT2D eigenvalue weighted by molar-refractivity contribution is -0.386. The predicted octanol–water partition coefficient (Wildman–Crippen LogP) is 3.04. The normalized spacial score (nSPS) is 10.7. The van der Waals surface area contributed by atoms with Crippen molar-refractivity contribution in [3.05, 3.63) is 33.9 Å². The standard InChI is InChI=1S/C13H20N2O3.ClH/c1-13(2,3)10-5-6-12(18-8-4-7-14)11(9-10)15(16)17;/h5-6,9H,4,7-8,14H2,1-3H3;1H. The summed E-state index contributed by atoms with van der Waals surface area (Å²) < 4.78 is 5.38. The average Bonchev–Trinajstić information content (AvgIpc) is 2.28. The molecule has 1 aromatic rings. The highest BCUT2D eigenvalue weighted by Crippen LogP contribution is 2.32. The van der Waals surface area contributed by atoms with Crippen LogP contribution in [0.2, 0.25) is 0 Å². The molecular weight excluding hydrogens is 268 g/mol. The minimum Gasteiger partial charge on any atom is -0.487 e. The molecule has 0 radical (unpaired) electrons. The molecule has 0 saturated heterocycles. The number of nitro benzene ring substituents is 1. The zero-order valence-electron chi connectivity index (χ0n) is 11.5. The molecule has 0 aliphatic heterocycles. The Morgan fingerprint density at radius 3 is 2.47 bits per heavy atom. The molecule has 0 aliphatic rings. The molecule has 0 aromatic heterocycles. The van der Waals surface area contributed by atoms with Crippen LogP contribution in [0.15, 0.2) is 18.2 Å². The molecule has 0 fully saturated rings. The predicted molar refractivity (Wildman–Crippen MR) is 78.2 cm³/mol. The SMILES string of the molecule is CC(C)(C)c1ccc(OCCCN)c([N+](=O)[O-])c1.Cl. The minimum absolute atomic E-state index is 0. The Morgan fingerprint density at radius 2 is 2.00 bits per heavy atom. The van der Waals surface area contributed by atoms with Crippen LogP contribution in [-0.2, 0) is 5.41 Å². The van der Waals surface area contributed by atoms with E-state index in [0.717, 1.165) is 5.56 Å². The van der Waals surface area contributed by atoms with E-state index in [1.165, 1.54) is 0 Å². The molecule has 0 heterocycles. The van der Waals surface area contributed by atoms with E-state index >= 15 is 0 Å². The number of nitrogens with zero attached hydrogens (tertiary/aromatic N) is 1. The van der Waals surface area contributed by atoms with Gasteiger partial charge in [0.15, 0.2) is 5.75 Å². The van der Waals surface area contributed by atoms with Crippen molar-refractivity contribution in [2.24, 2.45) is 5.73 Å². The molecule has 0 bridgehead atoms. The summed E-state index contributed by atoms with van der Waals surface area (Å²) in [6.45, 7) is 6.95.